The van der Waals surface area contributed by atoms with E-state index < -0.39 is 77.1 Å². The van der Waals surface area contributed by atoms with Crippen LogP contribution in [-0.4, -0.2) is 81.4 Å². The number of amides is 5. The molecule has 13 nitrogen and oxygen atoms in total. The quantitative estimate of drug-likeness (QED) is 0.224. The van der Waals surface area contributed by atoms with Crippen molar-refractivity contribution >= 4 is 35.6 Å². The van der Waals surface area contributed by atoms with E-state index in [0.717, 1.165) is 16.0 Å². The number of aliphatic hydroxyl groups excluding tert-OH is 1. The summed E-state index contributed by atoms with van der Waals surface area (Å²) >= 11 is 0. The van der Waals surface area contributed by atoms with Gasteiger partial charge in [0.2, 0.25) is 11.8 Å². The summed E-state index contributed by atoms with van der Waals surface area (Å²) in [6.45, 7) is 8.76. The Hall–Kier alpha value is -4.91. The van der Waals surface area contributed by atoms with Crippen LogP contribution in [0.1, 0.15) is 50.8 Å². The SMILES string of the molecule is C=C[C@@H]1C[C@]1(NC(=O)[C@@H]1C[C@@H](OC(=O)Nc2ccccc2)CN1C(=O)NC(C(=O)N[C@H]1c2ccccc2C[C@H]1O)C(C)(C)C)C(=O)O. The summed E-state index contributed by atoms with van der Waals surface area (Å²) in [5, 5.41) is 31.4. The maximum Gasteiger partial charge on any atom is 0.411 e. The van der Waals surface area contributed by atoms with E-state index in [1.807, 2.05) is 24.3 Å². The molecule has 3 aliphatic rings. The lowest BCUT2D eigenvalue weighted by Gasteiger charge is -2.34. The number of carbonyl (C=O) groups excluding carboxylic acids is 4. The number of ether oxygens (including phenoxy) is 1. The van der Waals surface area contributed by atoms with Crippen molar-refractivity contribution in [2.45, 2.75) is 75.9 Å². The van der Waals surface area contributed by atoms with Crippen molar-refractivity contribution < 1.29 is 38.9 Å². The molecule has 47 heavy (non-hydrogen) atoms. The summed E-state index contributed by atoms with van der Waals surface area (Å²) < 4.78 is 5.57. The average molecular weight is 648 g/mol. The number of fused-ring (bicyclic) bond motifs is 1. The van der Waals surface area contributed by atoms with Crippen LogP contribution in [0.4, 0.5) is 15.3 Å². The van der Waals surface area contributed by atoms with E-state index in [2.05, 4.69) is 27.8 Å². The topological polar surface area (TPSA) is 186 Å². The molecule has 2 aromatic carbocycles. The van der Waals surface area contributed by atoms with Crippen LogP contribution in [0.3, 0.4) is 0 Å². The molecule has 2 aromatic rings. The Balaban J connectivity index is 1.33. The van der Waals surface area contributed by atoms with E-state index in [9.17, 15) is 34.2 Å². The number of aliphatic hydroxyl groups is 1. The van der Waals surface area contributed by atoms with Gasteiger partial charge in [0.05, 0.1) is 18.7 Å². The van der Waals surface area contributed by atoms with Gasteiger partial charge in [0, 0.05) is 24.4 Å². The van der Waals surface area contributed by atoms with Crippen molar-refractivity contribution in [3.05, 3.63) is 78.4 Å². The van der Waals surface area contributed by atoms with Crippen LogP contribution in [-0.2, 0) is 25.5 Å². The lowest BCUT2D eigenvalue weighted by molar-refractivity contribution is -0.144. The zero-order valence-corrected chi connectivity index (χ0v) is 26.6. The molecule has 1 saturated heterocycles. The minimum atomic E-state index is -1.54. The monoisotopic (exact) mass is 647 g/mol. The number of urea groups is 1. The summed E-state index contributed by atoms with van der Waals surface area (Å²) in [4.78, 5) is 67.1. The number of nitrogens with zero attached hydrogens (tertiary/aromatic N) is 1. The molecule has 0 radical (unpaired) electrons. The molecular weight excluding hydrogens is 606 g/mol. The van der Waals surface area contributed by atoms with Gasteiger partial charge in [-0.3, -0.25) is 14.9 Å². The van der Waals surface area contributed by atoms with E-state index >= 15 is 0 Å². The summed E-state index contributed by atoms with van der Waals surface area (Å²) in [6.07, 6.45) is -0.668. The molecule has 5 amide bonds. The molecular formula is C34H41N5O8. The highest BCUT2D eigenvalue weighted by atomic mass is 16.6. The number of likely N-dealkylation sites (tertiary alicyclic amines) is 1. The van der Waals surface area contributed by atoms with Crippen LogP contribution in [0.5, 0.6) is 0 Å². The Kier molecular flexibility index (Phi) is 9.30. The molecule has 1 aliphatic heterocycles. The van der Waals surface area contributed by atoms with Crippen molar-refractivity contribution in [2.24, 2.45) is 11.3 Å². The minimum absolute atomic E-state index is 0.104. The highest BCUT2D eigenvalue weighted by molar-refractivity contribution is 5.95. The van der Waals surface area contributed by atoms with Crippen LogP contribution >= 0.6 is 0 Å². The summed E-state index contributed by atoms with van der Waals surface area (Å²) in [5.41, 5.74) is -0.145. The lowest BCUT2D eigenvalue weighted by atomic mass is 9.86. The third-order valence-electron chi connectivity index (χ3n) is 9.05. The molecule has 0 spiro atoms. The lowest BCUT2D eigenvalue weighted by Crippen LogP contribution is -2.60. The van der Waals surface area contributed by atoms with E-state index in [1.165, 1.54) is 6.08 Å². The molecule has 5 rings (SSSR count). The molecule has 7 atom stereocenters. The van der Waals surface area contributed by atoms with Gasteiger partial charge in [-0.05, 0) is 35.1 Å². The fourth-order valence-electron chi connectivity index (χ4n) is 6.36. The Morgan fingerprint density at radius 2 is 1.74 bits per heavy atom. The standard InChI is InChI=1S/C34H41N5O8/c1-5-20-17-34(20,30(43)44)38-28(41)24-16-22(47-32(46)35-21-12-7-6-8-13-21)18-39(24)31(45)37-27(33(2,3)4)29(42)36-26-23-14-10-9-11-19(23)15-25(26)40/h5-14,20,22,24-27,40H,1,15-18H2,2-4H3,(H,35,46)(H,36,42)(H,37,45)(H,38,41)(H,43,44)/t20-,22-,24+,25-,26+,27?,34-/m1/s1. The second kappa shape index (κ2) is 13.1. The number of para-hydroxylation sites is 1. The van der Waals surface area contributed by atoms with Crippen LogP contribution < -0.4 is 21.3 Å². The first-order valence-corrected chi connectivity index (χ1v) is 15.6. The Labute approximate surface area is 272 Å². The van der Waals surface area contributed by atoms with Gasteiger partial charge in [-0.2, -0.15) is 0 Å². The van der Waals surface area contributed by atoms with Gasteiger partial charge in [-0.1, -0.05) is 69.3 Å². The predicted molar refractivity (Wildman–Crippen MR) is 171 cm³/mol. The van der Waals surface area contributed by atoms with Crippen molar-refractivity contribution in [1.29, 1.82) is 0 Å². The summed E-state index contributed by atoms with van der Waals surface area (Å²) in [7, 11) is 0. The Morgan fingerprint density at radius 3 is 2.38 bits per heavy atom. The number of carbonyl (C=O) groups is 5. The molecule has 0 aromatic heterocycles. The number of carboxylic acids is 1. The van der Waals surface area contributed by atoms with Crippen LogP contribution in [0.2, 0.25) is 0 Å². The number of anilines is 1. The number of carboxylic acid groups (broad SMARTS) is 1. The van der Waals surface area contributed by atoms with E-state index in [-0.39, 0.29) is 19.4 Å². The molecule has 1 unspecified atom stereocenters. The Morgan fingerprint density at radius 1 is 1.06 bits per heavy atom. The summed E-state index contributed by atoms with van der Waals surface area (Å²) in [5.74, 6) is -2.97. The van der Waals surface area contributed by atoms with Gasteiger partial charge in [0.15, 0.2) is 0 Å². The van der Waals surface area contributed by atoms with Crippen LogP contribution in [0, 0.1) is 11.3 Å². The van der Waals surface area contributed by atoms with Crippen molar-refractivity contribution in [3.8, 4) is 0 Å². The van der Waals surface area contributed by atoms with Crippen molar-refractivity contribution in [3.63, 3.8) is 0 Å². The fourth-order valence-corrected chi connectivity index (χ4v) is 6.36. The molecule has 1 heterocycles. The third-order valence-corrected chi connectivity index (χ3v) is 9.05. The molecule has 0 bridgehead atoms. The second-order valence-corrected chi connectivity index (χ2v) is 13.4. The minimum Gasteiger partial charge on any atom is -0.479 e. The van der Waals surface area contributed by atoms with Gasteiger partial charge >= 0.3 is 18.1 Å². The number of nitrogens with one attached hydrogen (secondary N) is 4. The van der Waals surface area contributed by atoms with Crippen molar-refractivity contribution in [1.82, 2.24) is 20.9 Å². The van der Waals surface area contributed by atoms with E-state index in [1.54, 1.807) is 51.1 Å². The first-order chi connectivity index (χ1) is 22.2. The fraction of sp³-hybridized carbons (Fsp3) is 0.441. The zero-order valence-electron chi connectivity index (χ0n) is 26.6. The number of aliphatic carboxylic acids is 1. The second-order valence-electron chi connectivity index (χ2n) is 13.4. The normalized spacial score (nSPS) is 26.7. The van der Waals surface area contributed by atoms with E-state index in [4.69, 9.17) is 4.74 Å². The van der Waals surface area contributed by atoms with Crippen LogP contribution in [0.15, 0.2) is 67.3 Å². The maximum atomic E-state index is 13.9. The van der Waals surface area contributed by atoms with Gasteiger partial charge in [0.25, 0.3) is 0 Å². The van der Waals surface area contributed by atoms with Gasteiger partial charge < -0.3 is 35.8 Å². The number of rotatable bonds is 9. The molecule has 2 fully saturated rings. The van der Waals surface area contributed by atoms with Crippen molar-refractivity contribution in [2.75, 3.05) is 11.9 Å². The first kappa shape index (κ1) is 33.5. The number of hydrogen-bond acceptors (Lipinski definition) is 7. The summed E-state index contributed by atoms with van der Waals surface area (Å²) in [6, 6.07) is 12.2. The van der Waals surface area contributed by atoms with Crippen LogP contribution in [0.25, 0.3) is 0 Å². The maximum absolute atomic E-state index is 13.9. The van der Waals surface area contributed by atoms with Gasteiger partial charge in [0.1, 0.15) is 23.7 Å². The first-order valence-electron chi connectivity index (χ1n) is 15.6. The smallest absolute Gasteiger partial charge is 0.411 e. The molecule has 6 N–H and O–H groups in total. The highest BCUT2D eigenvalue weighted by Crippen LogP contribution is 2.45. The third kappa shape index (κ3) is 7.09. The molecule has 13 heteroatoms. The molecule has 2 aliphatic carbocycles. The van der Waals surface area contributed by atoms with E-state index in [0.29, 0.717) is 12.1 Å². The average Bonchev–Trinajstić information content (AvgIpc) is 3.43. The van der Waals surface area contributed by atoms with Gasteiger partial charge in [-0.15, -0.1) is 6.58 Å². The number of benzene rings is 2. The number of hydrogen-bond donors (Lipinski definition) is 6. The zero-order chi connectivity index (χ0) is 34.1. The van der Waals surface area contributed by atoms with Gasteiger partial charge in [-0.25, -0.2) is 14.4 Å². The predicted octanol–water partition coefficient (Wildman–Crippen LogP) is 2.72. The Bertz CT molecular complexity index is 1560. The molecule has 250 valence electrons. The highest BCUT2D eigenvalue weighted by Gasteiger charge is 2.61. The largest absolute Gasteiger partial charge is 0.479 e. The molecule has 1 saturated carbocycles.